The van der Waals surface area contributed by atoms with Crippen LogP contribution in [-0.4, -0.2) is 32.7 Å². The summed E-state index contributed by atoms with van der Waals surface area (Å²) in [6, 6.07) is 12.5. The van der Waals surface area contributed by atoms with Gasteiger partial charge in [0.25, 0.3) is 0 Å². The minimum Gasteiger partial charge on any atom is -0.496 e. The van der Waals surface area contributed by atoms with Crippen molar-refractivity contribution in [3.8, 4) is 11.5 Å². The van der Waals surface area contributed by atoms with E-state index >= 15 is 0 Å². The zero-order chi connectivity index (χ0) is 19.3. The Kier molecular flexibility index (Phi) is 5.81. The van der Waals surface area contributed by atoms with Crippen LogP contribution in [0, 0.1) is 0 Å². The Morgan fingerprint density at radius 3 is 3.07 bits per heavy atom. The molecule has 2 N–H and O–H groups in total. The van der Waals surface area contributed by atoms with Crippen LogP contribution in [0.5, 0.6) is 11.5 Å². The van der Waals surface area contributed by atoms with Crippen molar-refractivity contribution in [3.05, 3.63) is 53.1 Å². The predicted octanol–water partition coefficient (Wildman–Crippen LogP) is 3.67. The van der Waals surface area contributed by atoms with Crippen LogP contribution in [0.3, 0.4) is 0 Å². The number of ether oxygens (including phenoxy) is 2. The molecule has 1 aliphatic heterocycles. The number of esters is 1. The molecule has 1 unspecified atom stereocenters. The minimum absolute atomic E-state index is 0.233. The van der Waals surface area contributed by atoms with Crippen molar-refractivity contribution in [1.82, 2.24) is 5.32 Å². The zero-order valence-corrected chi connectivity index (χ0v) is 16.4. The van der Waals surface area contributed by atoms with E-state index in [0.717, 1.165) is 43.8 Å². The van der Waals surface area contributed by atoms with E-state index in [-0.39, 0.29) is 12.5 Å². The number of rotatable bonds is 7. The van der Waals surface area contributed by atoms with Crippen LogP contribution in [0.4, 0.5) is 5.69 Å². The lowest BCUT2D eigenvalue weighted by Crippen LogP contribution is -2.25. The van der Waals surface area contributed by atoms with E-state index in [1.165, 1.54) is 29.5 Å². The number of carbonyl (C=O) groups excluding carboxylic acids is 1. The van der Waals surface area contributed by atoms with Crippen LogP contribution in [0.2, 0.25) is 0 Å². The lowest BCUT2D eigenvalue weighted by atomic mass is 9.80. The van der Waals surface area contributed by atoms with E-state index in [2.05, 4.69) is 34.9 Å². The van der Waals surface area contributed by atoms with Gasteiger partial charge in [-0.15, -0.1) is 0 Å². The molecule has 0 spiro atoms. The summed E-state index contributed by atoms with van der Waals surface area (Å²) in [6.07, 6.45) is 5.74. The number of hydrogen-bond donors (Lipinski definition) is 2. The van der Waals surface area contributed by atoms with Gasteiger partial charge in [-0.2, -0.15) is 0 Å². The third-order valence-corrected chi connectivity index (χ3v) is 5.76. The van der Waals surface area contributed by atoms with Crippen molar-refractivity contribution in [2.75, 3.05) is 32.1 Å². The number of nitrogens with one attached hydrogen (secondary N) is 2. The average Bonchev–Trinajstić information content (AvgIpc) is 2.73. The molecule has 0 saturated carbocycles. The number of anilines is 1. The topological polar surface area (TPSA) is 59.6 Å². The largest absolute Gasteiger partial charge is 0.496 e. The summed E-state index contributed by atoms with van der Waals surface area (Å²) in [7, 11) is 1.76. The molecule has 0 aromatic heterocycles. The highest BCUT2D eigenvalue weighted by Crippen LogP contribution is 2.38. The van der Waals surface area contributed by atoms with Crippen LogP contribution in [0.1, 0.15) is 41.9 Å². The number of carbonyl (C=O) groups is 1. The summed E-state index contributed by atoms with van der Waals surface area (Å²) in [6.45, 7) is 2.20. The van der Waals surface area contributed by atoms with Gasteiger partial charge >= 0.3 is 5.97 Å². The summed E-state index contributed by atoms with van der Waals surface area (Å²) in [5.41, 5.74) is 5.03. The van der Waals surface area contributed by atoms with E-state index in [1.807, 2.05) is 12.1 Å². The third-order valence-electron chi connectivity index (χ3n) is 5.76. The SMILES string of the molecule is COc1cccc2c1CCCC2CCNCCc1ccc2c(c1)NCC(=O)O2. The molecule has 0 fully saturated rings. The van der Waals surface area contributed by atoms with Gasteiger partial charge in [0.05, 0.1) is 12.8 Å². The maximum Gasteiger partial charge on any atom is 0.330 e. The molecule has 28 heavy (non-hydrogen) atoms. The highest BCUT2D eigenvalue weighted by Gasteiger charge is 2.22. The lowest BCUT2D eigenvalue weighted by Gasteiger charge is -2.27. The molecule has 0 amide bonds. The number of fused-ring (bicyclic) bond motifs is 2. The van der Waals surface area contributed by atoms with Crippen LogP contribution < -0.4 is 20.1 Å². The van der Waals surface area contributed by atoms with Crippen molar-refractivity contribution in [1.29, 1.82) is 0 Å². The monoisotopic (exact) mass is 380 g/mol. The van der Waals surface area contributed by atoms with Crippen molar-refractivity contribution in [2.24, 2.45) is 0 Å². The zero-order valence-electron chi connectivity index (χ0n) is 16.4. The summed E-state index contributed by atoms with van der Waals surface area (Å²) >= 11 is 0. The molecule has 2 aromatic rings. The molecule has 0 radical (unpaired) electrons. The van der Waals surface area contributed by atoms with Crippen molar-refractivity contribution in [2.45, 2.75) is 38.0 Å². The van der Waals surface area contributed by atoms with Crippen molar-refractivity contribution >= 4 is 11.7 Å². The maximum absolute atomic E-state index is 11.3. The Morgan fingerprint density at radius 1 is 1.25 bits per heavy atom. The van der Waals surface area contributed by atoms with E-state index in [9.17, 15) is 4.79 Å². The summed E-state index contributed by atoms with van der Waals surface area (Å²) in [4.78, 5) is 11.3. The first-order valence-electron chi connectivity index (χ1n) is 10.2. The predicted molar refractivity (Wildman–Crippen MR) is 110 cm³/mol. The summed E-state index contributed by atoms with van der Waals surface area (Å²) in [5.74, 6) is 2.05. The first-order chi connectivity index (χ1) is 13.7. The molecule has 5 heteroatoms. The Labute approximate surface area is 166 Å². The van der Waals surface area contributed by atoms with Gasteiger partial charge in [-0.3, -0.25) is 0 Å². The Hall–Kier alpha value is -2.53. The van der Waals surface area contributed by atoms with Crippen LogP contribution in [0.25, 0.3) is 0 Å². The van der Waals surface area contributed by atoms with Crippen molar-refractivity contribution in [3.63, 3.8) is 0 Å². The molecule has 1 atom stereocenters. The second kappa shape index (κ2) is 8.65. The third kappa shape index (κ3) is 4.14. The minimum atomic E-state index is -0.233. The lowest BCUT2D eigenvalue weighted by molar-refractivity contribution is -0.132. The summed E-state index contributed by atoms with van der Waals surface area (Å²) in [5, 5.41) is 6.70. The van der Waals surface area contributed by atoms with Gasteiger partial charge in [0, 0.05) is 0 Å². The van der Waals surface area contributed by atoms with E-state index in [1.54, 1.807) is 7.11 Å². The molecule has 0 saturated heterocycles. The highest BCUT2D eigenvalue weighted by atomic mass is 16.5. The standard InChI is InChI=1S/C23H28N2O3/c1-27-21-7-3-5-18-17(4-2-6-19(18)21)11-13-24-12-10-16-8-9-22-20(14-16)25-15-23(26)28-22/h3,5,7-9,14,17,24-25H,2,4,6,10-13,15H2,1H3. The second-order valence-corrected chi connectivity index (χ2v) is 7.56. The first-order valence-corrected chi connectivity index (χ1v) is 10.2. The number of methoxy groups -OCH3 is 1. The van der Waals surface area contributed by atoms with Crippen LogP contribution >= 0.6 is 0 Å². The molecule has 1 heterocycles. The number of hydrogen-bond acceptors (Lipinski definition) is 5. The summed E-state index contributed by atoms with van der Waals surface area (Å²) < 4.78 is 10.8. The Morgan fingerprint density at radius 2 is 2.18 bits per heavy atom. The molecule has 4 rings (SSSR count). The van der Waals surface area contributed by atoms with Crippen LogP contribution in [-0.2, 0) is 17.6 Å². The molecule has 2 aromatic carbocycles. The van der Waals surface area contributed by atoms with E-state index in [4.69, 9.17) is 9.47 Å². The normalized spacial score (nSPS) is 17.9. The molecule has 2 aliphatic rings. The van der Waals surface area contributed by atoms with Gasteiger partial charge in [0.15, 0.2) is 5.75 Å². The second-order valence-electron chi connectivity index (χ2n) is 7.56. The smallest absolute Gasteiger partial charge is 0.330 e. The van der Waals surface area contributed by atoms with Gasteiger partial charge in [-0.25, -0.2) is 4.79 Å². The van der Waals surface area contributed by atoms with Gasteiger partial charge in [-0.1, -0.05) is 18.2 Å². The highest BCUT2D eigenvalue weighted by molar-refractivity contribution is 5.83. The van der Waals surface area contributed by atoms with E-state index < -0.39 is 0 Å². The Balaban J connectivity index is 1.26. The molecule has 1 aliphatic carbocycles. The van der Waals surface area contributed by atoms with Crippen LogP contribution in [0.15, 0.2) is 36.4 Å². The van der Waals surface area contributed by atoms with Crippen molar-refractivity contribution < 1.29 is 14.3 Å². The fraction of sp³-hybridized carbons (Fsp3) is 0.435. The quantitative estimate of drug-likeness (QED) is 0.436. The number of benzene rings is 2. The average molecular weight is 380 g/mol. The fourth-order valence-electron chi connectivity index (χ4n) is 4.32. The molecule has 148 valence electrons. The van der Waals surface area contributed by atoms with Gasteiger partial charge < -0.3 is 20.1 Å². The van der Waals surface area contributed by atoms with E-state index in [0.29, 0.717) is 11.7 Å². The molecular weight excluding hydrogens is 352 g/mol. The maximum atomic E-state index is 11.3. The molecular formula is C23H28N2O3. The molecule has 5 nitrogen and oxygen atoms in total. The Bertz CT molecular complexity index is 850. The first kappa shape index (κ1) is 18.8. The van der Waals surface area contributed by atoms with Gasteiger partial charge in [0.2, 0.25) is 0 Å². The van der Waals surface area contributed by atoms with Gasteiger partial charge in [0.1, 0.15) is 12.3 Å². The molecule has 0 bridgehead atoms. The fourth-order valence-corrected chi connectivity index (χ4v) is 4.32. The van der Waals surface area contributed by atoms with Gasteiger partial charge in [-0.05, 0) is 86.0 Å².